The maximum atomic E-state index is 13.0. The van der Waals surface area contributed by atoms with Crippen LogP contribution >= 0.6 is 0 Å². The lowest BCUT2D eigenvalue weighted by Gasteiger charge is -2.15. The van der Waals surface area contributed by atoms with Gasteiger partial charge in [-0.1, -0.05) is 32.0 Å². The molecule has 3 rings (SSSR count). The summed E-state index contributed by atoms with van der Waals surface area (Å²) in [6.07, 6.45) is 1.74. The molecule has 1 N–H and O–H groups in total. The molecule has 1 amide bonds. The van der Waals surface area contributed by atoms with Gasteiger partial charge in [0.25, 0.3) is 5.91 Å². The van der Waals surface area contributed by atoms with Gasteiger partial charge in [0.1, 0.15) is 5.75 Å². The molecule has 0 fully saturated rings. The molecule has 4 heteroatoms. The van der Waals surface area contributed by atoms with E-state index in [4.69, 9.17) is 4.74 Å². The van der Waals surface area contributed by atoms with Crippen molar-refractivity contribution >= 4 is 22.5 Å². The molecule has 0 spiro atoms. The van der Waals surface area contributed by atoms with Crippen molar-refractivity contribution in [2.45, 2.75) is 33.6 Å². The highest BCUT2D eigenvalue weighted by atomic mass is 16.5. The van der Waals surface area contributed by atoms with E-state index in [0.717, 1.165) is 46.3 Å². The highest BCUT2D eigenvalue weighted by Crippen LogP contribution is 2.25. The Morgan fingerprint density at radius 2 is 1.77 bits per heavy atom. The summed E-state index contributed by atoms with van der Waals surface area (Å²) in [6, 6.07) is 13.7. The number of nitrogens with one attached hydrogen (secondary N) is 1. The first-order chi connectivity index (χ1) is 12.6. The number of carbonyl (C=O) groups excluding carboxylic acids is 1. The number of amides is 1. The molecule has 134 valence electrons. The number of carbonyl (C=O) groups is 1. The van der Waals surface area contributed by atoms with E-state index in [0.29, 0.717) is 11.3 Å². The molecule has 0 radical (unpaired) electrons. The van der Waals surface area contributed by atoms with E-state index in [9.17, 15) is 4.79 Å². The van der Waals surface area contributed by atoms with Crippen molar-refractivity contribution in [3.8, 4) is 5.75 Å². The molecule has 2 aromatic carbocycles. The van der Waals surface area contributed by atoms with Crippen molar-refractivity contribution in [2.24, 2.45) is 0 Å². The van der Waals surface area contributed by atoms with Gasteiger partial charge in [-0.05, 0) is 55.2 Å². The van der Waals surface area contributed by atoms with Crippen LogP contribution in [-0.4, -0.2) is 18.0 Å². The van der Waals surface area contributed by atoms with E-state index in [1.807, 2.05) is 37.3 Å². The van der Waals surface area contributed by atoms with Crippen molar-refractivity contribution in [1.29, 1.82) is 0 Å². The Morgan fingerprint density at radius 3 is 2.38 bits per heavy atom. The molecule has 0 aliphatic carbocycles. The van der Waals surface area contributed by atoms with Crippen LogP contribution in [0.2, 0.25) is 0 Å². The molecule has 0 saturated carbocycles. The maximum Gasteiger partial charge on any atom is 0.257 e. The Hall–Kier alpha value is -2.88. The van der Waals surface area contributed by atoms with Crippen LogP contribution in [0.4, 0.5) is 5.69 Å². The average Bonchev–Trinajstić information content (AvgIpc) is 2.67. The smallest absolute Gasteiger partial charge is 0.257 e. The number of hydrogen-bond acceptors (Lipinski definition) is 3. The first-order valence-corrected chi connectivity index (χ1v) is 8.94. The normalized spacial score (nSPS) is 10.8. The van der Waals surface area contributed by atoms with Crippen molar-refractivity contribution < 1.29 is 9.53 Å². The lowest BCUT2D eigenvalue weighted by atomic mass is 10.0. The van der Waals surface area contributed by atoms with Crippen LogP contribution in [0.3, 0.4) is 0 Å². The van der Waals surface area contributed by atoms with Gasteiger partial charge < -0.3 is 10.1 Å². The van der Waals surface area contributed by atoms with E-state index in [1.54, 1.807) is 7.11 Å². The zero-order valence-corrected chi connectivity index (χ0v) is 15.7. The van der Waals surface area contributed by atoms with Crippen LogP contribution in [0.1, 0.15) is 41.0 Å². The first kappa shape index (κ1) is 17.9. The number of hydrogen-bond donors (Lipinski definition) is 1. The Morgan fingerprint density at radius 1 is 1.08 bits per heavy atom. The Bertz CT molecular complexity index is 942. The topological polar surface area (TPSA) is 51.2 Å². The van der Waals surface area contributed by atoms with E-state index >= 15 is 0 Å². The number of nitrogens with zero attached hydrogens (tertiary/aromatic N) is 1. The number of benzene rings is 2. The molecule has 0 atom stereocenters. The highest BCUT2D eigenvalue weighted by molar-refractivity contribution is 6.07. The number of fused-ring (bicyclic) bond motifs is 1. The SMILES string of the molecule is CCc1cccc(CC)c1NC(=O)c1cc2cc(OC)ccc2nc1C. The number of para-hydroxylation sites is 1. The van der Waals surface area contributed by atoms with Crippen LogP contribution in [0, 0.1) is 6.92 Å². The minimum atomic E-state index is -0.129. The summed E-state index contributed by atoms with van der Waals surface area (Å²) in [7, 11) is 1.63. The van der Waals surface area contributed by atoms with Gasteiger partial charge in [0, 0.05) is 11.1 Å². The van der Waals surface area contributed by atoms with Crippen molar-refractivity contribution in [2.75, 3.05) is 12.4 Å². The second kappa shape index (κ2) is 7.56. The quantitative estimate of drug-likeness (QED) is 0.711. The molecule has 0 aliphatic heterocycles. The van der Waals surface area contributed by atoms with Crippen LogP contribution < -0.4 is 10.1 Å². The first-order valence-electron chi connectivity index (χ1n) is 8.94. The molecule has 0 aliphatic rings. The monoisotopic (exact) mass is 348 g/mol. The number of ether oxygens (including phenoxy) is 1. The molecule has 3 aromatic rings. The fourth-order valence-corrected chi connectivity index (χ4v) is 3.19. The van der Waals surface area contributed by atoms with Gasteiger partial charge in [-0.2, -0.15) is 0 Å². The highest BCUT2D eigenvalue weighted by Gasteiger charge is 2.15. The van der Waals surface area contributed by atoms with Gasteiger partial charge in [-0.15, -0.1) is 0 Å². The fraction of sp³-hybridized carbons (Fsp3) is 0.273. The van der Waals surface area contributed by atoms with E-state index in [2.05, 4.69) is 36.3 Å². The van der Waals surface area contributed by atoms with Crippen molar-refractivity contribution in [1.82, 2.24) is 4.98 Å². The largest absolute Gasteiger partial charge is 0.497 e. The summed E-state index contributed by atoms with van der Waals surface area (Å²) in [5.74, 6) is 0.620. The second-order valence-corrected chi connectivity index (χ2v) is 6.29. The molecule has 0 unspecified atom stereocenters. The average molecular weight is 348 g/mol. The van der Waals surface area contributed by atoms with Crippen LogP contribution in [0.15, 0.2) is 42.5 Å². The zero-order valence-electron chi connectivity index (χ0n) is 15.7. The molecule has 1 heterocycles. The summed E-state index contributed by atoms with van der Waals surface area (Å²) in [4.78, 5) is 17.6. The number of aromatic nitrogens is 1. The summed E-state index contributed by atoms with van der Waals surface area (Å²) >= 11 is 0. The lowest BCUT2D eigenvalue weighted by Crippen LogP contribution is -2.16. The molecule has 4 nitrogen and oxygen atoms in total. The number of anilines is 1. The molecular weight excluding hydrogens is 324 g/mol. The minimum Gasteiger partial charge on any atom is -0.497 e. The Labute approximate surface area is 154 Å². The number of pyridine rings is 1. The summed E-state index contributed by atoms with van der Waals surface area (Å²) < 4.78 is 5.28. The van der Waals surface area contributed by atoms with Crippen LogP contribution in [0.25, 0.3) is 10.9 Å². The molecule has 1 aromatic heterocycles. The van der Waals surface area contributed by atoms with Crippen LogP contribution in [0.5, 0.6) is 5.75 Å². The molecular formula is C22H24N2O2. The van der Waals surface area contributed by atoms with Crippen molar-refractivity contribution in [3.63, 3.8) is 0 Å². The van der Waals surface area contributed by atoms with Crippen molar-refractivity contribution in [3.05, 3.63) is 64.8 Å². The third-order valence-corrected chi connectivity index (χ3v) is 4.69. The predicted octanol–water partition coefficient (Wildman–Crippen LogP) is 4.93. The van der Waals surface area contributed by atoms with Gasteiger partial charge in [0.2, 0.25) is 0 Å². The summed E-state index contributed by atoms with van der Waals surface area (Å²) in [6.45, 7) is 6.06. The zero-order chi connectivity index (χ0) is 18.7. The van der Waals surface area contributed by atoms with E-state index in [-0.39, 0.29) is 5.91 Å². The predicted molar refractivity (Wildman–Crippen MR) is 106 cm³/mol. The van der Waals surface area contributed by atoms with Gasteiger partial charge >= 0.3 is 0 Å². The number of rotatable bonds is 5. The van der Waals surface area contributed by atoms with Gasteiger partial charge in [-0.3, -0.25) is 9.78 Å². The van der Waals surface area contributed by atoms with Gasteiger partial charge in [0.15, 0.2) is 0 Å². The molecule has 0 saturated heterocycles. The second-order valence-electron chi connectivity index (χ2n) is 6.29. The molecule has 26 heavy (non-hydrogen) atoms. The van der Waals surface area contributed by atoms with Gasteiger partial charge in [-0.25, -0.2) is 0 Å². The number of aryl methyl sites for hydroxylation is 3. The Balaban J connectivity index is 2.01. The fourth-order valence-electron chi connectivity index (χ4n) is 3.19. The standard InChI is InChI=1S/C22H24N2O2/c1-5-15-8-7-9-16(6-2)21(15)24-22(25)19-13-17-12-18(26-4)10-11-20(17)23-14(19)3/h7-13H,5-6H2,1-4H3,(H,24,25). The third kappa shape index (κ3) is 3.40. The van der Waals surface area contributed by atoms with E-state index < -0.39 is 0 Å². The lowest BCUT2D eigenvalue weighted by molar-refractivity contribution is 0.102. The van der Waals surface area contributed by atoms with E-state index in [1.165, 1.54) is 0 Å². The Kier molecular flexibility index (Phi) is 5.21. The van der Waals surface area contributed by atoms with Crippen LogP contribution in [-0.2, 0) is 12.8 Å². The number of methoxy groups -OCH3 is 1. The molecule has 0 bridgehead atoms. The van der Waals surface area contributed by atoms with Gasteiger partial charge in [0.05, 0.1) is 23.9 Å². The third-order valence-electron chi connectivity index (χ3n) is 4.69. The maximum absolute atomic E-state index is 13.0. The summed E-state index contributed by atoms with van der Waals surface area (Å²) in [5.41, 5.74) is 5.36. The minimum absolute atomic E-state index is 0.129. The summed E-state index contributed by atoms with van der Waals surface area (Å²) in [5, 5.41) is 4.01.